The molecule has 0 bridgehead atoms. The molecule has 0 aromatic carbocycles. The number of carbonyl (C=O) groups is 1. The van der Waals surface area contributed by atoms with E-state index in [9.17, 15) is 4.79 Å². The lowest BCUT2D eigenvalue weighted by molar-refractivity contribution is -0.146. The molecule has 0 rings (SSSR count). The first kappa shape index (κ1) is 12.3. The van der Waals surface area contributed by atoms with Gasteiger partial charge in [-0.1, -0.05) is 0 Å². The first-order chi connectivity index (χ1) is 5.91. The highest BCUT2D eigenvalue weighted by molar-refractivity contribution is 5.74. The minimum absolute atomic E-state index is 0.787. The zero-order valence-electron chi connectivity index (χ0n) is 6.74. The van der Waals surface area contributed by atoms with Gasteiger partial charge in [-0.3, -0.25) is 4.79 Å². The van der Waals surface area contributed by atoms with Gasteiger partial charge in [-0.25, -0.2) is 0 Å². The number of rotatable bonds is 5. The Hall–Kier alpha value is -0.730. The molecule has 78 valence electrons. The molecule has 0 fully saturated rings. The van der Waals surface area contributed by atoms with Gasteiger partial charge in [0.2, 0.25) is 0 Å². The van der Waals surface area contributed by atoms with Gasteiger partial charge >= 0.3 is 5.97 Å². The number of aliphatic hydroxyl groups is 4. The Morgan fingerprint density at radius 2 is 1.69 bits per heavy atom. The van der Waals surface area contributed by atoms with Crippen molar-refractivity contribution in [2.45, 2.75) is 24.4 Å². The van der Waals surface area contributed by atoms with E-state index in [1.54, 1.807) is 0 Å². The van der Waals surface area contributed by atoms with Crippen LogP contribution in [-0.2, 0) is 4.79 Å². The molecule has 0 amide bonds. The molecule has 0 aliphatic carbocycles. The van der Waals surface area contributed by atoms with Crippen LogP contribution in [0.5, 0.6) is 0 Å². The zero-order chi connectivity index (χ0) is 10.6. The molecule has 0 aromatic rings. The van der Waals surface area contributed by atoms with Crippen LogP contribution in [0.2, 0.25) is 0 Å². The molecule has 0 radical (unpaired) electrons. The summed E-state index contributed by atoms with van der Waals surface area (Å²) in [6.45, 7) is -0.787. The van der Waals surface area contributed by atoms with Crippen molar-refractivity contribution in [2.75, 3.05) is 6.61 Å². The molecule has 0 saturated carbocycles. The van der Waals surface area contributed by atoms with Crippen LogP contribution < -0.4 is 5.73 Å². The largest absolute Gasteiger partial charge is 0.480 e. The second kappa shape index (κ2) is 5.10. The highest BCUT2D eigenvalue weighted by Gasteiger charge is 2.32. The molecule has 0 unspecified atom stereocenters. The van der Waals surface area contributed by atoms with E-state index in [1.165, 1.54) is 0 Å². The lowest BCUT2D eigenvalue weighted by Crippen LogP contribution is -2.52. The topological polar surface area (TPSA) is 144 Å². The summed E-state index contributed by atoms with van der Waals surface area (Å²) in [4.78, 5) is 10.2. The summed E-state index contributed by atoms with van der Waals surface area (Å²) >= 11 is 0. The monoisotopic (exact) mass is 195 g/mol. The van der Waals surface area contributed by atoms with Gasteiger partial charge in [0.15, 0.2) is 0 Å². The van der Waals surface area contributed by atoms with Crippen LogP contribution in [0.15, 0.2) is 0 Å². The van der Waals surface area contributed by atoms with Crippen LogP contribution >= 0.6 is 0 Å². The van der Waals surface area contributed by atoms with E-state index in [0.29, 0.717) is 0 Å². The lowest BCUT2D eigenvalue weighted by Gasteiger charge is -2.23. The Balaban J connectivity index is 4.24. The Morgan fingerprint density at radius 1 is 1.23 bits per heavy atom. The zero-order valence-corrected chi connectivity index (χ0v) is 6.74. The maximum absolute atomic E-state index is 10.2. The van der Waals surface area contributed by atoms with Gasteiger partial charge in [0.25, 0.3) is 0 Å². The van der Waals surface area contributed by atoms with Crippen molar-refractivity contribution >= 4 is 5.97 Å². The van der Waals surface area contributed by atoms with Gasteiger partial charge in [-0.05, 0) is 0 Å². The fraction of sp³-hybridized carbons (Fsp3) is 0.833. The third-order valence-corrected chi connectivity index (χ3v) is 1.58. The molecule has 13 heavy (non-hydrogen) atoms. The van der Waals surface area contributed by atoms with Crippen molar-refractivity contribution in [3.8, 4) is 0 Å². The molecular formula is C6H13NO6. The van der Waals surface area contributed by atoms with Gasteiger partial charge in [-0.15, -0.1) is 0 Å². The Bertz CT molecular complexity index is 175. The van der Waals surface area contributed by atoms with Crippen molar-refractivity contribution in [1.29, 1.82) is 0 Å². The number of aliphatic carboxylic acids is 1. The highest BCUT2D eigenvalue weighted by atomic mass is 16.4. The summed E-state index contributed by atoms with van der Waals surface area (Å²) in [7, 11) is 0. The molecule has 7 nitrogen and oxygen atoms in total. The SMILES string of the molecule is N[C@@H](C(=O)O)[C@@H](O)[C@H](O)[C@H](O)CO. The summed E-state index contributed by atoms with van der Waals surface area (Å²) in [5.41, 5.74) is 4.95. The molecule has 0 aliphatic heterocycles. The van der Waals surface area contributed by atoms with Crippen LogP contribution in [-0.4, -0.2) is 62.5 Å². The molecule has 0 aliphatic rings. The number of hydrogen-bond acceptors (Lipinski definition) is 6. The fourth-order valence-corrected chi connectivity index (χ4v) is 0.694. The van der Waals surface area contributed by atoms with E-state index < -0.39 is 36.9 Å². The highest BCUT2D eigenvalue weighted by Crippen LogP contribution is 2.03. The number of carboxylic acids is 1. The third-order valence-electron chi connectivity index (χ3n) is 1.58. The van der Waals surface area contributed by atoms with Gasteiger partial charge in [0, 0.05) is 0 Å². The Labute approximate surface area is 74.0 Å². The summed E-state index contributed by atoms with van der Waals surface area (Å²) in [5, 5.41) is 43.5. The molecule has 0 spiro atoms. The predicted octanol–water partition coefficient (Wildman–Crippen LogP) is -3.53. The quantitative estimate of drug-likeness (QED) is 0.266. The van der Waals surface area contributed by atoms with Crippen molar-refractivity contribution in [1.82, 2.24) is 0 Å². The minimum atomic E-state index is -1.82. The standard InChI is InChI=1S/C6H13NO6/c7-3(6(12)13)5(11)4(10)2(9)1-8/h2-5,8-11H,1,7H2,(H,12,13)/t2-,3-,4-,5-/m1/s1. The average Bonchev–Trinajstić information content (AvgIpc) is 2.12. The summed E-state index contributed by atoms with van der Waals surface area (Å²) in [6.07, 6.45) is -5.21. The van der Waals surface area contributed by atoms with Crippen LogP contribution in [0.1, 0.15) is 0 Å². The van der Waals surface area contributed by atoms with E-state index in [0.717, 1.165) is 0 Å². The van der Waals surface area contributed by atoms with Gasteiger partial charge in [0.1, 0.15) is 24.4 Å². The van der Waals surface area contributed by atoms with Gasteiger partial charge < -0.3 is 31.3 Å². The third kappa shape index (κ3) is 3.25. The molecule has 7 N–H and O–H groups in total. The second-order valence-corrected chi connectivity index (χ2v) is 2.60. The predicted molar refractivity (Wildman–Crippen MR) is 40.7 cm³/mol. The number of nitrogens with two attached hydrogens (primary N) is 1. The second-order valence-electron chi connectivity index (χ2n) is 2.60. The summed E-state index contributed by atoms with van der Waals surface area (Å²) < 4.78 is 0. The number of hydrogen-bond donors (Lipinski definition) is 6. The normalized spacial score (nSPS) is 20.4. The summed E-state index contributed by atoms with van der Waals surface area (Å²) in [6, 6.07) is -1.70. The van der Waals surface area contributed by atoms with Crippen molar-refractivity contribution < 1.29 is 30.3 Å². The lowest BCUT2D eigenvalue weighted by atomic mass is 10.0. The molecule has 0 heterocycles. The van der Waals surface area contributed by atoms with Gasteiger partial charge in [0.05, 0.1) is 6.61 Å². The first-order valence-corrected chi connectivity index (χ1v) is 3.55. The summed E-state index contributed by atoms with van der Waals surface area (Å²) in [5.74, 6) is -1.50. The fourth-order valence-electron chi connectivity index (χ4n) is 0.694. The molecule has 4 atom stereocenters. The first-order valence-electron chi connectivity index (χ1n) is 3.55. The minimum Gasteiger partial charge on any atom is -0.480 e. The van der Waals surface area contributed by atoms with E-state index in [4.69, 9.17) is 31.3 Å². The van der Waals surface area contributed by atoms with Crippen LogP contribution in [0, 0.1) is 0 Å². The van der Waals surface area contributed by atoms with E-state index in [2.05, 4.69) is 0 Å². The van der Waals surface area contributed by atoms with Crippen molar-refractivity contribution in [3.05, 3.63) is 0 Å². The molecule has 0 saturated heterocycles. The molecular weight excluding hydrogens is 182 g/mol. The van der Waals surface area contributed by atoms with Gasteiger partial charge in [-0.2, -0.15) is 0 Å². The maximum atomic E-state index is 10.2. The van der Waals surface area contributed by atoms with Crippen LogP contribution in [0.3, 0.4) is 0 Å². The molecule has 0 aromatic heterocycles. The Kier molecular flexibility index (Phi) is 4.81. The average molecular weight is 195 g/mol. The van der Waals surface area contributed by atoms with E-state index in [1.807, 2.05) is 0 Å². The van der Waals surface area contributed by atoms with Crippen LogP contribution in [0.4, 0.5) is 0 Å². The van der Waals surface area contributed by atoms with E-state index >= 15 is 0 Å². The smallest absolute Gasteiger partial charge is 0.323 e. The van der Waals surface area contributed by atoms with Crippen LogP contribution in [0.25, 0.3) is 0 Å². The molecule has 7 heteroatoms. The van der Waals surface area contributed by atoms with Crippen molar-refractivity contribution in [3.63, 3.8) is 0 Å². The Morgan fingerprint density at radius 3 is 2.00 bits per heavy atom. The van der Waals surface area contributed by atoms with E-state index in [-0.39, 0.29) is 0 Å². The maximum Gasteiger partial charge on any atom is 0.323 e. The number of carboxylic acid groups (broad SMARTS) is 1. The number of aliphatic hydroxyl groups excluding tert-OH is 4. The van der Waals surface area contributed by atoms with Crippen molar-refractivity contribution in [2.24, 2.45) is 5.73 Å².